The van der Waals surface area contributed by atoms with Crippen molar-refractivity contribution < 1.29 is 9.84 Å². The molecular weight excluding hydrogens is 264 g/mol. The first-order valence-corrected chi connectivity index (χ1v) is 7.15. The number of aliphatic hydroxyl groups excluding tert-OH is 1. The van der Waals surface area contributed by atoms with Crippen LogP contribution in [0.4, 0.5) is 5.69 Å². The van der Waals surface area contributed by atoms with Crippen molar-refractivity contribution in [3.8, 4) is 0 Å². The number of aliphatic hydroxyl groups is 1. The summed E-state index contributed by atoms with van der Waals surface area (Å²) < 4.78 is 5.42. The molecule has 104 valence electrons. The standard InChI is InChI=1S/C14H19ClN2O2/c1-9-13(15)10(2-5-16-9)17-11-8-12(18)14(11)3-6-19-7-4-14/h2,5,11-12,18H,3-4,6-8H2,1H3,(H,16,17)/t11-,12-/m1/s1. The van der Waals surface area contributed by atoms with Crippen LogP contribution in [-0.4, -0.2) is 35.5 Å². The monoisotopic (exact) mass is 282 g/mol. The summed E-state index contributed by atoms with van der Waals surface area (Å²) in [6, 6.07) is 2.17. The van der Waals surface area contributed by atoms with Crippen LogP contribution in [0, 0.1) is 12.3 Å². The Morgan fingerprint density at radius 3 is 2.89 bits per heavy atom. The molecular formula is C14H19ClN2O2. The predicted molar refractivity (Wildman–Crippen MR) is 74.5 cm³/mol. The van der Waals surface area contributed by atoms with E-state index in [4.69, 9.17) is 16.3 Å². The van der Waals surface area contributed by atoms with Crippen molar-refractivity contribution in [2.45, 2.75) is 38.3 Å². The highest BCUT2D eigenvalue weighted by Crippen LogP contribution is 2.50. The summed E-state index contributed by atoms with van der Waals surface area (Å²) >= 11 is 6.27. The molecule has 1 aromatic heterocycles. The molecule has 0 bridgehead atoms. The molecule has 0 radical (unpaired) electrons. The number of aromatic nitrogens is 1. The van der Waals surface area contributed by atoms with Gasteiger partial charge in [0, 0.05) is 30.9 Å². The van der Waals surface area contributed by atoms with Gasteiger partial charge in [-0.25, -0.2) is 0 Å². The molecule has 1 saturated heterocycles. The maximum atomic E-state index is 10.2. The summed E-state index contributed by atoms with van der Waals surface area (Å²) in [6.07, 6.45) is 4.13. The van der Waals surface area contributed by atoms with Gasteiger partial charge in [0.1, 0.15) is 0 Å². The molecule has 5 heteroatoms. The Bertz CT molecular complexity index is 475. The summed E-state index contributed by atoms with van der Waals surface area (Å²) in [7, 11) is 0. The Hall–Kier alpha value is -0.840. The second-order valence-corrected chi connectivity index (χ2v) is 5.93. The van der Waals surface area contributed by atoms with Gasteiger partial charge in [0.05, 0.1) is 22.5 Å². The molecule has 2 fully saturated rings. The van der Waals surface area contributed by atoms with Crippen molar-refractivity contribution in [3.05, 3.63) is 23.0 Å². The Morgan fingerprint density at radius 1 is 1.47 bits per heavy atom. The van der Waals surface area contributed by atoms with Crippen molar-refractivity contribution in [1.29, 1.82) is 0 Å². The number of pyridine rings is 1. The maximum absolute atomic E-state index is 10.2. The zero-order valence-electron chi connectivity index (χ0n) is 11.0. The van der Waals surface area contributed by atoms with E-state index in [1.165, 1.54) is 0 Å². The van der Waals surface area contributed by atoms with E-state index in [0.29, 0.717) is 5.02 Å². The highest BCUT2D eigenvalue weighted by molar-refractivity contribution is 6.33. The first kappa shape index (κ1) is 13.2. The molecule has 0 aromatic carbocycles. The second kappa shape index (κ2) is 4.93. The molecule has 1 aliphatic carbocycles. The van der Waals surface area contributed by atoms with Crippen LogP contribution in [0.2, 0.25) is 5.02 Å². The van der Waals surface area contributed by atoms with Crippen molar-refractivity contribution in [2.75, 3.05) is 18.5 Å². The molecule has 0 unspecified atom stereocenters. The number of halogens is 1. The van der Waals surface area contributed by atoms with Gasteiger partial charge in [-0.15, -0.1) is 0 Å². The van der Waals surface area contributed by atoms with Gasteiger partial charge in [0.2, 0.25) is 0 Å². The van der Waals surface area contributed by atoms with Gasteiger partial charge in [-0.05, 0) is 32.3 Å². The van der Waals surface area contributed by atoms with Crippen LogP contribution in [-0.2, 0) is 4.74 Å². The molecule has 1 aliphatic heterocycles. The lowest BCUT2D eigenvalue weighted by Gasteiger charge is -2.56. The van der Waals surface area contributed by atoms with Crippen LogP contribution >= 0.6 is 11.6 Å². The van der Waals surface area contributed by atoms with Crippen LogP contribution in [0.25, 0.3) is 0 Å². The van der Waals surface area contributed by atoms with Crippen LogP contribution in [0.1, 0.15) is 25.0 Å². The third-order valence-electron chi connectivity index (χ3n) is 4.63. The summed E-state index contributed by atoms with van der Waals surface area (Å²) in [5.74, 6) is 0. The molecule has 1 aromatic rings. The summed E-state index contributed by atoms with van der Waals surface area (Å²) in [5, 5.41) is 14.3. The molecule has 2 N–H and O–H groups in total. The summed E-state index contributed by atoms with van der Waals surface area (Å²) in [4.78, 5) is 4.17. The number of nitrogens with zero attached hydrogens (tertiary/aromatic N) is 1. The third kappa shape index (κ3) is 2.12. The van der Waals surface area contributed by atoms with Crippen molar-refractivity contribution >= 4 is 17.3 Å². The molecule has 4 nitrogen and oxygen atoms in total. The van der Waals surface area contributed by atoms with Gasteiger partial charge in [0.25, 0.3) is 0 Å². The van der Waals surface area contributed by atoms with Gasteiger partial charge in [-0.2, -0.15) is 0 Å². The number of aryl methyl sites for hydroxylation is 1. The van der Waals surface area contributed by atoms with Crippen LogP contribution in [0.15, 0.2) is 12.3 Å². The summed E-state index contributed by atoms with van der Waals surface area (Å²) in [6.45, 7) is 3.37. The van der Waals surface area contributed by atoms with Crippen molar-refractivity contribution in [2.24, 2.45) is 5.41 Å². The smallest absolute Gasteiger partial charge is 0.0849 e. The Labute approximate surface area is 118 Å². The summed E-state index contributed by atoms with van der Waals surface area (Å²) in [5.41, 5.74) is 1.70. The zero-order valence-corrected chi connectivity index (χ0v) is 11.8. The minimum atomic E-state index is -0.226. The second-order valence-electron chi connectivity index (χ2n) is 5.55. The molecule has 0 amide bonds. The molecule has 1 saturated carbocycles. The molecule has 19 heavy (non-hydrogen) atoms. The first-order valence-electron chi connectivity index (χ1n) is 6.77. The molecule has 2 heterocycles. The quantitative estimate of drug-likeness (QED) is 0.874. The van der Waals surface area contributed by atoms with Crippen LogP contribution in [0.5, 0.6) is 0 Å². The van der Waals surface area contributed by atoms with E-state index < -0.39 is 0 Å². The minimum Gasteiger partial charge on any atom is -0.392 e. The van der Waals surface area contributed by atoms with Gasteiger partial charge in [0.15, 0.2) is 0 Å². The lowest BCUT2D eigenvalue weighted by atomic mass is 9.58. The molecule has 1 spiro atoms. The fourth-order valence-corrected chi connectivity index (χ4v) is 3.41. The van der Waals surface area contributed by atoms with Gasteiger partial charge >= 0.3 is 0 Å². The molecule has 2 aliphatic rings. The van der Waals surface area contributed by atoms with E-state index in [1.54, 1.807) is 6.20 Å². The van der Waals surface area contributed by atoms with E-state index in [2.05, 4.69) is 10.3 Å². The number of nitrogens with one attached hydrogen (secondary N) is 1. The van der Waals surface area contributed by atoms with Gasteiger partial charge in [-0.3, -0.25) is 4.98 Å². The highest BCUT2D eigenvalue weighted by Gasteiger charge is 2.54. The van der Waals surface area contributed by atoms with E-state index >= 15 is 0 Å². The third-order valence-corrected chi connectivity index (χ3v) is 5.11. The highest BCUT2D eigenvalue weighted by atomic mass is 35.5. The van der Waals surface area contributed by atoms with E-state index in [-0.39, 0.29) is 17.6 Å². The van der Waals surface area contributed by atoms with Crippen molar-refractivity contribution in [1.82, 2.24) is 4.98 Å². The average molecular weight is 283 g/mol. The first-order chi connectivity index (χ1) is 9.13. The number of anilines is 1. The zero-order chi connectivity index (χ0) is 13.5. The lowest BCUT2D eigenvalue weighted by Crippen LogP contribution is -2.62. The normalized spacial score (nSPS) is 29.0. The average Bonchev–Trinajstić information content (AvgIpc) is 2.44. The maximum Gasteiger partial charge on any atom is 0.0849 e. The lowest BCUT2D eigenvalue weighted by molar-refractivity contribution is -0.133. The van der Waals surface area contributed by atoms with Crippen molar-refractivity contribution in [3.63, 3.8) is 0 Å². The van der Waals surface area contributed by atoms with E-state index in [0.717, 1.165) is 43.9 Å². The van der Waals surface area contributed by atoms with Gasteiger partial charge in [-0.1, -0.05) is 11.6 Å². The fraction of sp³-hybridized carbons (Fsp3) is 0.643. The fourth-order valence-electron chi connectivity index (χ4n) is 3.25. The van der Waals surface area contributed by atoms with Gasteiger partial charge < -0.3 is 15.2 Å². The minimum absolute atomic E-state index is 0.0429. The van der Waals surface area contributed by atoms with E-state index in [9.17, 15) is 5.11 Å². The molecule has 3 rings (SSSR count). The predicted octanol–water partition coefficient (Wildman–Crippen LogP) is 2.39. The number of hydrogen-bond donors (Lipinski definition) is 2. The number of hydrogen-bond acceptors (Lipinski definition) is 4. The Balaban J connectivity index is 1.78. The molecule has 2 atom stereocenters. The largest absolute Gasteiger partial charge is 0.392 e. The number of ether oxygens (including phenoxy) is 1. The number of rotatable bonds is 2. The SMILES string of the molecule is Cc1nccc(N[C@@H]2C[C@@H](O)C23CCOCC3)c1Cl. The topological polar surface area (TPSA) is 54.4 Å². The Morgan fingerprint density at radius 2 is 2.21 bits per heavy atom. The van der Waals surface area contributed by atoms with Crippen LogP contribution < -0.4 is 5.32 Å². The Kier molecular flexibility index (Phi) is 3.41. The van der Waals surface area contributed by atoms with E-state index in [1.807, 2.05) is 13.0 Å². The van der Waals surface area contributed by atoms with Crippen LogP contribution in [0.3, 0.4) is 0 Å².